The number of aromatic hydroxyl groups is 2. The van der Waals surface area contributed by atoms with Crippen molar-refractivity contribution in [1.29, 1.82) is 0 Å². The molecule has 0 atom stereocenters. The Morgan fingerprint density at radius 1 is 0.979 bits per heavy atom. The van der Waals surface area contributed by atoms with Gasteiger partial charge in [0.2, 0.25) is 0 Å². The van der Waals surface area contributed by atoms with Crippen molar-refractivity contribution in [2.24, 2.45) is 0 Å². The van der Waals surface area contributed by atoms with Crippen LogP contribution in [0.1, 0.15) is 48.3 Å². The summed E-state index contributed by atoms with van der Waals surface area (Å²) in [5.74, 6) is 0.127. The Morgan fingerprint density at radius 2 is 1.72 bits per heavy atom. The highest BCUT2D eigenvalue weighted by Crippen LogP contribution is 2.43. The second kappa shape index (κ2) is 13.5. The van der Waals surface area contributed by atoms with Crippen molar-refractivity contribution in [3.63, 3.8) is 0 Å². The molecule has 242 valence electrons. The summed E-state index contributed by atoms with van der Waals surface area (Å²) in [4.78, 5) is 34.3. The van der Waals surface area contributed by atoms with Crippen LogP contribution in [-0.4, -0.2) is 74.9 Å². The maximum absolute atomic E-state index is 13.0. The number of carbonyl (C=O) groups excluding carboxylic acids is 2. The quantitative estimate of drug-likeness (QED) is 0.183. The Kier molecular flexibility index (Phi) is 9.08. The Hall–Kier alpha value is -5.42. The minimum Gasteiger partial charge on any atom is -0.508 e. The van der Waals surface area contributed by atoms with Crippen molar-refractivity contribution in [2.75, 3.05) is 32.7 Å². The normalized spacial score (nSPS) is 13.7. The molecule has 1 aliphatic heterocycles. The standard InChI is InChI=1S/C36H37N5O6/c1-4-37-35(44)33-32(34(47-39-33)27-19-26(22(2)3)29(42)20-30(27)43)24-11-9-23(10-12-24)21-40-15-17-41(18-16-40)36(45)46-31-13-14-38-28-8-6-5-7-25(28)31/h5-14,19-20,22,42-43H,4,15-18,21H2,1-3H3,(H,37,44). The first-order valence-corrected chi connectivity index (χ1v) is 15.7. The largest absolute Gasteiger partial charge is 0.508 e. The molecule has 0 saturated carbocycles. The lowest BCUT2D eigenvalue weighted by Crippen LogP contribution is -2.49. The van der Waals surface area contributed by atoms with E-state index in [4.69, 9.17) is 9.26 Å². The number of aromatic nitrogens is 2. The van der Waals surface area contributed by atoms with Crippen LogP contribution >= 0.6 is 0 Å². The van der Waals surface area contributed by atoms with E-state index >= 15 is 0 Å². The molecule has 2 amide bonds. The van der Waals surface area contributed by atoms with Crippen molar-refractivity contribution in [3.8, 4) is 39.7 Å². The molecular formula is C36H37N5O6. The number of rotatable bonds is 8. The van der Waals surface area contributed by atoms with E-state index in [1.165, 1.54) is 6.07 Å². The molecule has 1 aliphatic rings. The Labute approximate surface area is 272 Å². The number of para-hydroxylation sites is 1. The minimum atomic E-state index is -0.391. The lowest BCUT2D eigenvalue weighted by atomic mass is 9.94. The summed E-state index contributed by atoms with van der Waals surface area (Å²) in [6.07, 6.45) is 1.26. The molecule has 0 radical (unpaired) electrons. The fourth-order valence-electron chi connectivity index (χ4n) is 5.82. The molecule has 3 aromatic carbocycles. The summed E-state index contributed by atoms with van der Waals surface area (Å²) in [6, 6.07) is 20.0. The summed E-state index contributed by atoms with van der Waals surface area (Å²) in [5, 5.41) is 28.8. The molecular weight excluding hydrogens is 598 g/mol. The lowest BCUT2D eigenvalue weighted by Gasteiger charge is -2.34. The van der Waals surface area contributed by atoms with Crippen LogP contribution in [0.5, 0.6) is 17.2 Å². The maximum atomic E-state index is 13.0. The molecule has 3 N–H and O–H groups in total. The monoisotopic (exact) mass is 635 g/mol. The molecule has 0 unspecified atom stereocenters. The van der Waals surface area contributed by atoms with Gasteiger partial charge in [0, 0.05) is 56.9 Å². The van der Waals surface area contributed by atoms with Gasteiger partial charge in [0.15, 0.2) is 11.5 Å². The molecule has 2 aromatic heterocycles. The molecule has 11 nitrogen and oxygen atoms in total. The summed E-state index contributed by atoms with van der Waals surface area (Å²) in [5.41, 5.74) is 4.05. The number of hydrogen-bond acceptors (Lipinski definition) is 9. The number of fused-ring (bicyclic) bond motifs is 1. The van der Waals surface area contributed by atoms with Crippen molar-refractivity contribution >= 4 is 22.9 Å². The van der Waals surface area contributed by atoms with E-state index < -0.39 is 5.91 Å². The molecule has 5 aromatic rings. The molecule has 6 rings (SSSR count). The molecule has 0 aliphatic carbocycles. The van der Waals surface area contributed by atoms with Crippen LogP contribution in [-0.2, 0) is 6.54 Å². The van der Waals surface area contributed by atoms with Gasteiger partial charge in [-0.05, 0) is 53.8 Å². The third kappa shape index (κ3) is 6.61. The fourth-order valence-corrected chi connectivity index (χ4v) is 5.82. The summed E-state index contributed by atoms with van der Waals surface area (Å²) < 4.78 is 11.4. The molecule has 47 heavy (non-hydrogen) atoms. The number of nitrogens with one attached hydrogen (secondary N) is 1. The van der Waals surface area contributed by atoms with Crippen molar-refractivity contribution in [3.05, 3.63) is 89.7 Å². The second-order valence-electron chi connectivity index (χ2n) is 11.8. The van der Waals surface area contributed by atoms with Crippen LogP contribution < -0.4 is 10.1 Å². The molecule has 1 fully saturated rings. The number of carbonyl (C=O) groups is 2. The number of ether oxygens (including phenoxy) is 1. The Morgan fingerprint density at radius 3 is 2.45 bits per heavy atom. The van der Waals surface area contributed by atoms with E-state index in [1.54, 1.807) is 23.2 Å². The predicted molar refractivity (Wildman–Crippen MR) is 177 cm³/mol. The van der Waals surface area contributed by atoms with E-state index in [0.717, 1.165) is 16.5 Å². The summed E-state index contributed by atoms with van der Waals surface area (Å²) >= 11 is 0. The van der Waals surface area contributed by atoms with Crippen LogP contribution in [0.2, 0.25) is 0 Å². The highest BCUT2D eigenvalue weighted by Gasteiger charge is 2.28. The highest BCUT2D eigenvalue weighted by molar-refractivity contribution is 6.02. The number of phenols is 2. The van der Waals surface area contributed by atoms with Gasteiger partial charge < -0.3 is 29.7 Å². The van der Waals surface area contributed by atoms with Crippen molar-refractivity contribution < 1.29 is 29.1 Å². The third-order valence-corrected chi connectivity index (χ3v) is 8.34. The second-order valence-corrected chi connectivity index (χ2v) is 11.8. The van der Waals surface area contributed by atoms with Gasteiger partial charge in [0.1, 0.15) is 17.2 Å². The lowest BCUT2D eigenvalue weighted by molar-refractivity contribution is 0.0947. The van der Waals surface area contributed by atoms with Gasteiger partial charge in [-0.25, -0.2) is 4.79 Å². The zero-order valence-electron chi connectivity index (χ0n) is 26.6. The van der Waals surface area contributed by atoms with Crippen LogP contribution in [0.25, 0.3) is 33.4 Å². The van der Waals surface area contributed by atoms with Crippen LogP contribution in [0.15, 0.2) is 77.4 Å². The Bertz CT molecular complexity index is 1910. The predicted octanol–water partition coefficient (Wildman–Crippen LogP) is 6.16. The maximum Gasteiger partial charge on any atom is 0.415 e. The van der Waals surface area contributed by atoms with Crippen molar-refractivity contribution in [2.45, 2.75) is 33.2 Å². The van der Waals surface area contributed by atoms with Crippen LogP contribution in [0.3, 0.4) is 0 Å². The van der Waals surface area contributed by atoms with Gasteiger partial charge in [-0.15, -0.1) is 0 Å². The molecule has 0 spiro atoms. The molecule has 11 heteroatoms. The smallest absolute Gasteiger partial charge is 0.415 e. The Balaban J connectivity index is 1.16. The first-order valence-electron chi connectivity index (χ1n) is 15.7. The SMILES string of the molecule is CCNC(=O)c1noc(-c2cc(C(C)C)c(O)cc2O)c1-c1ccc(CN2CCN(C(=O)Oc3ccnc4ccccc34)CC2)cc1. The molecule has 0 bridgehead atoms. The number of nitrogens with zero attached hydrogens (tertiary/aromatic N) is 4. The zero-order valence-corrected chi connectivity index (χ0v) is 26.6. The van der Waals surface area contributed by atoms with Gasteiger partial charge in [0.25, 0.3) is 5.91 Å². The first-order chi connectivity index (χ1) is 22.7. The van der Waals surface area contributed by atoms with Gasteiger partial charge in [0.05, 0.1) is 16.6 Å². The highest BCUT2D eigenvalue weighted by atomic mass is 16.6. The number of phenolic OH excluding ortho intramolecular Hbond substituents is 2. The van der Waals surface area contributed by atoms with Gasteiger partial charge >= 0.3 is 6.09 Å². The van der Waals surface area contributed by atoms with Crippen molar-refractivity contribution in [1.82, 2.24) is 25.3 Å². The average molecular weight is 636 g/mol. The number of pyridine rings is 1. The molecule has 3 heterocycles. The fraction of sp³-hybridized carbons (Fsp3) is 0.278. The van der Waals surface area contributed by atoms with E-state index in [9.17, 15) is 19.8 Å². The first kappa shape index (κ1) is 31.6. The average Bonchev–Trinajstić information content (AvgIpc) is 3.51. The topological polar surface area (TPSA) is 141 Å². The number of benzene rings is 3. The van der Waals surface area contributed by atoms with E-state index in [2.05, 4.69) is 20.4 Å². The van der Waals surface area contributed by atoms with Gasteiger partial charge in [-0.3, -0.25) is 14.7 Å². The van der Waals surface area contributed by atoms with Crippen LogP contribution in [0.4, 0.5) is 4.79 Å². The molecule has 1 saturated heterocycles. The number of piperazine rings is 1. The van der Waals surface area contributed by atoms with Gasteiger partial charge in [-0.1, -0.05) is 55.4 Å². The minimum absolute atomic E-state index is 0.0165. The summed E-state index contributed by atoms with van der Waals surface area (Å²) in [6.45, 7) is 9.22. The number of hydrogen-bond donors (Lipinski definition) is 3. The number of amides is 2. The van der Waals surface area contributed by atoms with Crippen LogP contribution in [0, 0.1) is 0 Å². The van der Waals surface area contributed by atoms with E-state index in [-0.39, 0.29) is 35.0 Å². The third-order valence-electron chi connectivity index (χ3n) is 8.34. The van der Waals surface area contributed by atoms with E-state index in [1.807, 2.05) is 69.3 Å². The van der Waals surface area contributed by atoms with E-state index in [0.29, 0.717) is 67.3 Å². The summed E-state index contributed by atoms with van der Waals surface area (Å²) in [7, 11) is 0. The van der Waals surface area contributed by atoms with Gasteiger partial charge in [-0.2, -0.15) is 0 Å². The zero-order chi connectivity index (χ0) is 33.1.